The van der Waals surface area contributed by atoms with Crippen LogP contribution in [0.5, 0.6) is 0 Å². The molecule has 2 aromatic rings. The van der Waals surface area contributed by atoms with Crippen LogP contribution in [0.2, 0.25) is 0 Å². The van der Waals surface area contributed by atoms with Crippen molar-refractivity contribution in [2.45, 2.75) is 33.2 Å². The Morgan fingerprint density at radius 1 is 1.06 bits per heavy atom. The van der Waals surface area contributed by atoms with E-state index in [4.69, 9.17) is 0 Å². The van der Waals surface area contributed by atoms with Crippen LogP contribution in [0.25, 0.3) is 0 Å². The molecule has 1 N–H and O–H groups in total. The SMILES string of the molecule is CCCNC(c1sccc1C)c1sccc1C. The summed E-state index contributed by atoms with van der Waals surface area (Å²) in [5, 5.41) is 8.05. The van der Waals surface area contributed by atoms with E-state index in [0.29, 0.717) is 6.04 Å². The molecule has 0 spiro atoms. The molecule has 0 saturated heterocycles. The molecule has 0 aliphatic carbocycles. The molecule has 0 aliphatic heterocycles. The van der Waals surface area contributed by atoms with Crippen molar-refractivity contribution in [3.05, 3.63) is 43.8 Å². The summed E-state index contributed by atoms with van der Waals surface area (Å²) in [6, 6.07) is 4.81. The third-order valence-electron chi connectivity index (χ3n) is 2.93. The third-order valence-corrected chi connectivity index (χ3v) is 5.09. The lowest BCUT2D eigenvalue weighted by Gasteiger charge is -2.18. The maximum Gasteiger partial charge on any atom is 0.0770 e. The fraction of sp³-hybridized carbons (Fsp3) is 0.429. The molecule has 0 aliphatic rings. The van der Waals surface area contributed by atoms with Crippen molar-refractivity contribution in [1.29, 1.82) is 0 Å². The molecule has 0 radical (unpaired) electrons. The maximum atomic E-state index is 3.68. The Bertz CT molecular complexity index is 430. The van der Waals surface area contributed by atoms with Crippen LogP contribution in [0.3, 0.4) is 0 Å². The van der Waals surface area contributed by atoms with Crippen LogP contribution >= 0.6 is 22.7 Å². The monoisotopic (exact) mass is 265 g/mol. The summed E-state index contributed by atoms with van der Waals surface area (Å²) in [5.74, 6) is 0. The maximum absolute atomic E-state index is 3.68. The molecule has 0 amide bonds. The lowest BCUT2D eigenvalue weighted by atomic mass is 10.1. The summed E-state index contributed by atoms with van der Waals surface area (Å²) >= 11 is 3.72. The summed E-state index contributed by atoms with van der Waals surface area (Å²) in [7, 11) is 0. The normalized spacial score (nSPS) is 11.3. The molecule has 3 heteroatoms. The molecule has 0 aromatic carbocycles. The molecule has 2 heterocycles. The van der Waals surface area contributed by atoms with E-state index in [2.05, 4.69) is 49.0 Å². The highest BCUT2D eigenvalue weighted by Crippen LogP contribution is 2.34. The molecule has 92 valence electrons. The summed E-state index contributed by atoms with van der Waals surface area (Å²) in [4.78, 5) is 2.92. The highest BCUT2D eigenvalue weighted by Gasteiger charge is 2.19. The van der Waals surface area contributed by atoms with E-state index in [1.54, 1.807) is 0 Å². The van der Waals surface area contributed by atoms with Gasteiger partial charge in [-0.15, -0.1) is 22.7 Å². The fourth-order valence-corrected chi connectivity index (χ4v) is 4.05. The van der Waals surface area contributed by atoms with Crippen molar-refractivity contribution >= 4 is 22.7 Å². The first-order valence-electron chi connectivity index (χ1n) is 6.05. The van der Waals surface area contributed by atoms with Crippen molar-refractivity contribution < 1.29 is 0 Å². The molecular formula is C14H19NS2. The van der Waals surface area contributed by atoms with Crippen LogP contribution in [0.1, 0.15) is 40.3 Å². The number of hydrogen-bond acceptors (Lipinski definition) is 3. The number of hydrogen-bond donors (Lipinski definition) is 1. The molecule has 0 fully saturated rings. The third kappa shape index (κ3) is 2.79. The lowest BCUT2D eigenvalue weighted by molar-refractivity contribution is 0.609. The van der Waals surface area contributed by atoms with Gasteiger partial charge in [0.15, 0.2) is 0 Å². The minimum Gasteiger partial charge on any atom is -0.305 e. The molecule has 0 atom stereocenters. The summed E-state index contributed by atoms with van der Waals surface area (Å²) in [6.45, 7) is 7.69. The van der Waals surface area contributed by atoms with Crippen LogP contribution in [0, 0.1) is 13.8 Å². The van der Waals surface area contributed by atoms with Gasteiger partial charge in [-0.1, -0.05) is 6.92 Å². The van der Waals surface area contributed by atoms with Gasteiger partial charge >= 0.3 is 0 Å². The molecule has 2 aromatic heterocycles. The van der Waals surface area contributed by atoms with Gasteiger partial charge in [0.05, 0.1) is 6.04 Å². The Kier molecular flexibility index (Phi) is 4.37. The molecule has 2 rings (SSSR count). The second kappa shape index (κ2) is 5.80. The predicted molar refractivity (Wildman–Crippen MR) is 78.2 cm³/mol. The van der Waals surface area contributed by atoms with E-state index < -0.39 is 0 Å². The van der Waals surface area contributed by atoms with Gasteiger partial charge in [-0.3, -0.25) is 0 Å². The average Bonchev–Trinajstić information content (AvgIpc) is 2.90. The van der Waals surface area contributed by atoms with Gasteiger partial charge in [-0.05, 0) is 60.8 Å². The zero-order valence-corrected chi connectivity index (χ0v) is 12.3. The van der Waals surface area contributed by atoms with E-state index in [-0.39, 0.29) is 0 Å². The minimum absolute atomic E-state index is 0.384. The Labute approximate surface area is 112 Å². The topological polar surface area (TPSA) is 12.0 Å². The lowest BCUT2D eigenvalue weighted by Crippen LogP contribution is -2.22. The van der Waals surface area contributed by atoms with Crippen LogP contribution in [0.15, 0.2) is 22.9 Å². The van der Waals surface area contributed by atoms with Crippen LogP contribution in [0.4, 0.5) is 0 Å². The van der Waals surface area contributed by atoms with Crippen LogP contribution in [-0.4, -0.2) is 6.54 Å². The van der Waals surface area contributed by atoms with Crippen molar-refractivity contribution in [1.82, 2.24) is 5.32 Å². The number of thiophene rings is 2. The van der Waals surface area contributed by atoms with E-state index in [1.807, 2.05) is 22.7 Å². The molecule has 0 bridgehead atoms. The zero-order valence-electron chi connectivity index (χ0n) is 10.6. The second-order valence-corrected chi connectivity index (χ2v) is 6.22. The minimum atomic E-state index is 0.384. The number of rotatable bonds is 5. The quantitative estimate of drug-likeness (QED) is 0.838. The molecule has 0 unspecified atom stereocenters. The first-order chi connectivity index (χ1) is 8.24. The van der Waals surface area contributed by atoms with Gasteiger partial charge in [0.25, 0.3) is 0 Å². The second-order valence-electron chi connectivity index (χ2n) is 4.32. The Balaban J connectivity index is 2.32. The van der Waals surface area contributed by atoms with Gasteiger partial charge in [-0.2, -0.15) is 0 Å². The zero-order chi connectivity index (χ0) is 12.3. The van der Waals surface area contributed by atoms with Gasteiger partial charge in [0.2, 0.25) is 0 Å². The summed E-state index contributed by atoms with van der Waals surface area (Å²) < 4.78 is 0. The van der Waals surface area contributed by atoms with Crippen LogP contribution < -0.4 is 5.32 Å². The summed E-state index contributed by atoms with van der Waals surface area (Å²) in [6.07, 6.45) is 1.17. The van der Waals surface area contributed by atoms with Crippen molar-refractivity contribution in [2.75, 3.05) is 6.54 Å². The highest BCUT2D eigenvalue weighted by atomic mass is 32.1. The fourth-order valence-electron chi connectivity index (χ4n) is 1.95. The van der Waals surface area contributed by atoms with Gasteiger partial charge in [0.1, 0.15) is 0 Å². The molecule has 0 saturated carbocycles. The first kappa shape index (κ1) is 12.8. The smallest absolute Gasteiger partial charge is 0.0770 e. The largest absolute Gasteiger partial charge is 0.305 e. The van der Waals surface area contributed by atoms with Crippen molar-refractivity contribution in [2.24, 2.45) is 0 Å². The number of aryl methyl sites for hydroxylation is 2. The van der Waals surface area contributed by atoms with E-state index in [1.165, 1.54) is 27.3 Å². The Morgan fingerprint density at radius 3 is 1.94 bits per heavy atom. The molecular weight excluding hydrogens is 246 g/mol. The van der Waals surface area contributed by atoms with E-state index in [9.17, 15) is 0 Å². The van der Waals surface area contributed by atoms with Crippen molar-refractivity contribution in [3.63, 3.8) is 0 Å². The molecule has 1 nitrogen and oxygen atoms in total. The highest BCUT2D eigenvalue weighted by molar-refractivity contribution is 7.11. The van der Waals surface area contributed by atoms with Gasteiger partial charge in [-0.25, -0.2) is 0 Å². The van der Waals surface area contributed by atoms with E-state index >= 15 is 0 Å². The first-order valence-corrected chi connectivity index (χ1v) is 7.81. The van der Waals surface area contributed by atoms with Gasteiger partial charge < -0.3 is 5.32 Å². The van der Waals surface area contributed by atoms with Crippen molar-refractivity contribution in [3.8, 4) is 0 Å². The van der Waals surface area contributed by atoms with E-state index in [0.717, 1.165) is 6.54 Å². The predicted octanol–water partition coefficient (Wildman–Crippen LogP) is 4.52. The average molecular weight is 265 g/mol. The Morgan fingerprint density at radius 2 is 1.59 bits per heavy atom. The Hall–Kier alpha value is -0.640. The molecule has 17 heavy (non-hydrogen) atoms. The van der Waals surface area contributed by atoms with Crippen LogP contribution in [-0.2, 0) is 0 Å². The van der Waals surface area contributed by atoms with Gasteiger partial charge in [0, 0.05) is 9.75 Å². The summed E-state index contributed by atoms with van der Waals surface area (Å²) in [5.41, 5.74) is 2.80. The standard InChI is InChI=1S/C14H19NS2/c1-4-7-15-12(13-10(2)5-8-16-13)14-11(3)6-9-17-14/h5-6,8-9,12,15H,4,7H2,1-3H3. The number of nitrogens with one attached hydrogen (secondary N) is 1.